The van der Waals surface area contributed by atoms with Gasteiger partial charge in [-0.15, -0.1) is 0 Å². The van der Waals surface area contributed by atoms with Crippen molar-refractivity contribution in [3.63, 3.8) is 0 Å². The zero-order chi connectivity index (χ0) is 24.2. The number of alkyl halides is 1. The van der Waals surface area contributed by atoms with Crippen LogP contribution in [0.5, 0.6) is 0 Å². The van der Waals surface area contributed by atoms with Crippen LogP contribution in [-0.4, -0.2) is 59.9 Å². The summed E-state index contributed by atoms with van der Waals surface area (Å²) in [4.78, 5) is 47.9. The van der Waals surface area contributed by atoms with E-state index in [1.54, 1.807) is 13.8 Å². The van der Waals surface area contributed by atoms with Gasteiger partial charge in [-0.25, -0.2) is 4.79 Å². The van der Waals surface area contributed by atoms with Crippen LogP contribution < -0.4 is 0 Å². The van der Waals surface area contributed by atoms with Crippen LogP contribution in [0.4, 0.5) is 0 Å². The Morgan fingerprint density at radius 2 is 1.38 bits per heavy atom. The van der Waals surface area contributed by atoms with Gasteiger partial charge in [-0.2, -0.15) is 0 Å². The molecule has 0 amide bonds. The van der Waals surface area contributed by atoms with Crippen LogP contribution in [0, 0.1) is 20.8 Å². The molecule has 0 N–H and O–H groups in total. The summed E-state index contributed by atoms with van der Waals surface area (Å²) < 4.78 is 27.2. The average Bonchev–Trinajstić information content (AvgIpc) is 2.63. The molecule has 1 aliphatic rings. The summed E-state index contributed by atoms with van der Waals surface area (Å²) in [7, 11) is 0. The monoisotopic (exact) mass is 514 g/mol. The maximum Gasteiger partial charge on any atom is 0.339 e. The molecule has 10 heteroatoms. The number of hydrogen-bond acceptors (Lipinski definition) is 9. The number of esters is 4. The summed E-state index contributed by atoms with van der Waals surface area (Å²) in [5.74, 6) is -2.56. The van der Waals surface area contributed by atoms with Gasteiger partial charge in [0.15, 0.2) is 23.3 Å². The van der Waals surface area contributed by atoms with Crippen LogP contribution in [0.25, 0.3) is 0 Å². The summed E-state index contributed by atoms with van der Waals surface area (Å²) in [6, 6.07) is 3.71. The Bertz CT molecular complexity index is 874. The predicted molar refractivity (Wildman–Crippen MR) is 115 cm³/mol. The molecular formula is C22H27BrO9. The molecule has 9 nitrogen and oxygen atoms in total. The summed E-state index contributed by atoms with van der Waals surface area (Å²) in [6.45, 7) is 8.81. The van der Waals surface area contributed by atoms with Gasteiger partial charge in [0.1, 0.15) is 12.7 Å². The summed E-state index contributed by atoms with van der Waals surface area (Å²) in [5, 5.41) is -0.936. The van der Waals surface area contributed by atoms with E-state index in [2.05, 4.69) is 15.9 Å². The Labute approximate surface area is 194 Å². The Hall–Kier alpha value is -2.46. The number of rotatable bonds is 6. The van der Waals surface area contributed by atoms with Gasteiger partial charge in [0, 0.05) is 20.8 Å². The second-order valence-electron chi connectivity index (χ2n) is 7.62. The topological polar surface area (TPSA) is 114 Å². The fraction of sp³-hybridized carbons (Fsp3) is 0.545. The molecule has 32 heavy (non-hydrogen) atoms. The Morgan fingerprint density at radius 1 is 0.844 bits per heavy atom. The van der Waals surface area contributed by atoms with E-state index in [-0.39, 0.29) is 6.61 Å². The van der Waals surface area contributed by atoms with Gasteiger partial charge in [-0.3, -0.25) is 14.4 Å². The van der Waals surface area contributed by atoms with E-state index in [1.165, 1.54) is 20.8 Å². The van der Waals surface area contributed by atoms with E-state index in [4.69, 9.17) is 23.7 Å². The Kier molecular flexibility index (Phi) is 8.80. The number of carbonyl (C=O) groups excluding carboxylic acids is 4. The molecule has 0 radical (unpaired) electrons. The molecule has 0 spiro atoms. The van der Waals surface area contributed by atoms with Crippen molar-refractivity contribution in [1.29, 1.82) is 0 Å². The smallest absolute Gasteiger partial charge is 0.339 e. The molecule has 5 atom stereocenters. The first-order valence-electron chi connectivity index (χ1n) is 9.96. The second kappa shape index (κ2) is 10.9. The van der Waals surface area contributed by atoms with E-state index >= 15 is 0 Å². The molecule has 2 rings (SSSR count). The number of halogens is 1. The third-order valence-corrected chi connectivity index (χ3v) is 5.49. The third kappa shape index (κ3) is 6.52. The lowest BCUT2D eigenvalue weighted by molar-refractivity contribution is -0.230. The summed E-state index contributed by atoms with van der Waals surface area (Å²) in [6.07, 6.45) is -4.49. The van der Waals surface area contributed by atoms with Gasteiger partial charge in [-0.05, 0) is 31.9 Å². The van der Waals surface area contributed by atoms with Gasteiger partial charge >= 0.3 is 23.9 Å². The van der Waals surface area contributed by atoms with Crippen LogP contribution in [0.2, 0.25) is 0 Å². The molecule has 0 aromatic heterocycles. The zero-order valence-electron chi connectivity index (χ0n) is 18.8. The maximum atomic E-state index is 13.1. The van der Waals surface area contributed by atoms with E-state index in [9.17, 15) is 19.2 Å². The summed E-state index contributed by atoms with van der Waals surface area (Å²) in [5.41, 5.74) is 2.83. The first-order chi connectivity index (χ1) is 14.9. The molecular weight excluding hydrogens is 488 g/mol. The van der Waals surface area contributed by atoms with Crippen molar-refractivity contribution in [2.24, 2.45) is 0 Å². The van der Waals surface area contributed by atoms with E-state index in [0.29, 0.717) is 5.56 Å². The van der Waals surface area contributed by atoms with E-state index in [0.717, 1.165) is 16.7 Å². The van der Waals surface area contributed by atoms with Crippen LogP contribution in [0.3, 0.4) is 0 Å². The summed E-state index contributed by atoms with van der Waals surface area (Å²) >= 11 is 3.30. The number of benzene rings is 1. The standard InChI is InChI=1S/C22H27BrO9/c1-10-7-11(2)17(12(3)8-10)22(27)32-20-19(30-15(6)26)18(29-14(5)25)16(31-21(20)23)9-28-13(4)24/h7-8,16,18-21H,9H2,1-6H3/t16-,18-,19+,20+,21+/m1/s1. The predicted octanol–water partition coefficient (Wildman–Crippen LogP) is 2.68. The van der Waals surface area contributed by atoms with Gasteiger partial charge in [0.05, 0.1) is 5.56 Å². The number of ether oxygens (including phenoxy) is 5. The largest absolute Gasteiger partial charge is 0.463 e. The minimum absolute atomic E-state index is 0.260. The van der Waals surface area contributed by atoms with Crippen LogP contribution in [0.1, 0.15) is 47.8 Å². The van der Waals surface area contributed by atoms with Crippen LogP contribution in [-0.2, 0) is 38.1 Å². The molecule has 1 aromatic rings. The highest BCUT2D eigenvalue weighted by Gasteiger charge is 2.51. The average molecular weight is 515 g/mol. The quantitative estimate of drug-likeness (QED) is 0.321. The minimum Gasteiger partial charge on any atom is -0.463 e. The maximum absolute atomic E-state index is 13.1. The normalized spacial score (nSPS) is 24.9. The second-order valence-corrected chi connectivity index (χ2v) is 8.52. The lowest BCUT2D eigenvalue weighted by Gasteiger charge is -2.42. The molecule has 176 valence electrons. The first-order valence-corrected chi connectivity index (χ1v) is 10.9. The van der Waals surface area contributed by atoms with Crippen molar-refractivity contribution in [1.82, 2.24) is 0 Å². The van der Waals surface area contributed by atoms with Crippen LogP contribution in [0.15, 0.2) is 12.1 Å². The van der Waals surface area contributed by atoms with E-state index in [1.807, 2.05) is 19.1 Å². The molecule has 0 aliphatic carbocycles. The molecule has 0 unspecified atom stereocenters. The minimum atomic E-state index is -1.20. The molecule has 1 fully saturated rings. The fourth-order valence-electron chi connectivity index (χ4n) is 3.67. The van der Waals surface area contributed by atoms with Crippen LogP contribution >= 0.6 is 15.9 Å². The first kappa shape index (κ1) is 25.8. The highest BCUT2D eigenvalue weighted by atomic mass is 79.9. The lowest BCUT2D eigenvalue weighted by Crippen LogP contribution is -2.61. The highest BCUT2D eigenvalue weighted by Crippen LogP contribution is 2.32. The van der Waals surface area contributed by atoms with Crippen molar-refractivity contribution >= 4 is 39.8 Å². The highest BCUT2D eigenvalue weighted by molar-refractivity contribution is 9.09. The Morgan fingerprint density at radius 3 is 1.88 bits per heavy atom. The SMILES string of the molecule is CC(=O)OC[C@H]1O[C@H](Br)[C@@H](OC(=O)c2c(C)cc(C)cc2C)[C@@H](OC(C)=O)[C@@H]1OC(C)=O. The van der Waals surface area contributed by atoms with Gasteiger partial charge in [0.2, 0.25) is 0 Å². The third-order valence-electron chi connectivity index (χ3n) is 4.76. The molecule has 0 bridgehead atoms. The van der Waals surface area contributed by atoms with Gasteiger partial charge in [-0.1, -0.05) is 33.6 Å². The van der Waals surface area contributed by atoms with E-state index < -0.39 is 53.3 Å². The fourth-order valence-corrected chi connectivity index (χ4v) is 4.35. The number of hydrogen-bond donors (Lipinski definition) is 0. The molecule has 1 aromatic carbocycles. The van der Waals surface area contributed by atoms with Crippen molar-refractivity contribution in [3.05, 3.63) is 34.4 Å². The lowest BCUT2D eigenvalue weighted by atomic mass is 9.98. The zero-order valence-corrected chi connectivity index (χ0v) is 20.4. The van der Waals surface area contributed by atoms with Crippen molar-refractivity contribution in [3.8, 4) is 0 Å². The number of aryl methyl sites for hydroxylation is 3. The van der Waals surface area contributed by atoms with Gasteiger partial charge < -0.3 is 23.7 Å². The molecule has 1 saturated heterocycles. The molecule has 1 heterocycles. The van der Waals surface area contributed by atoms with Crippen molar-refractivity contribution in [2.75, 3.05) is 6.61 Å². The van der Waals surface area contributed by atoms with Crippen molar-refractivity contribution in [2.45, 2.75) is 71.0 Å². The molecule has 1 aliphatic heterocycles. The number of carbonyl (C=O) groups is 4. The Balaban J connectivity index is 2.39. The van der Waals surface area contributed by atoms with Gasteiger partial charge in [0.25, 0.3) is 0 Å². The molecule has 0 saturated carbocycles. The van der Waals surface area contributed by atoms with Crippen molar-refractivity contribution < 1.29 is 42.9 Å².